The molecule has 150 valence electrons. The number of hydrogen-bond acceptors (Lipinski definition) is 4. The van der Waals surface area contributed by atoms with Crippen LogP contribution in [-0.2, 0) is 10.9 Å². The Morgan fingerprint density at radius 2 is 1.86 bits per heavy atom. The van der Waals surface area contributed by atoms with Crippen LogP contribution in [0.25, 0.3) is 11.0 Å². The molecule has 0 radical (unpaired) electrons. The highest BCUT2D eigenvalue weighted by molar-refractivity contribution is 5.77. The molecule has 11 heteroatoms. The van der Waals surface area contributed by atoms with Crippen LogP contribution in [0.2, 0.25) is 0 Å². The third kappa shape index (κ3) is 3.61. The van der Waals surface area contributed by atoms with Gasteiger partial charge in [-0.15, -0.1) is 0 Å². The van der Waals surface area contributed by atoms with E-state index in [0.717, 1.165) is 16.8 Å². The predicted octanol–water partition coefficient (Wildman–Crippen LogP) is 3.62. The lowest BCUT2D eigenvalue weighted by molar-refractivity contribution is -0.137. The van der Waals surface area contributed by atoms with Crippen LogP contribution in [0.15, 0.2) is 29.1 Å². The molecule has 1 N–H and O–H groups in total. The third-order valence-corrected chi connectivity index (χ3v) is 4.16. The lowest BCUT2D eigenvalue weighted by Gasteiger charge is -2.18. The summed E-state index contributed by atoms with van der Waals surface area (Å²) in [5.74, 6) is 0.183. The summed E-state index contributed by atoms with van der Waals surface area (Å²) in [6, 6.07) is 3.31. The van der Waals surface area contributed by atoms with Crippen LogP contribution in [0.4, 0.5) is 22.0 Å². The van der Waals surface area contributed by atoms with Crippen molar-refractivity contribution in [1.82, 2.24) is 19.7 Å². The highest BCUT2D eigenvalue weighted by Gasteiger charge is 2.31. The van der Waals surface area contributed by atoms with E-state index >= 15 is 0 Å². The van der Waals surface area contributed by atoms with E-state index in [1.165, 1.54) is 26.2 Å². The maximum Gasteiger partial charge on any atom is 0.416 e. The normalized spacial score (nSPS) is 13.4. The van der Waals surface area contributed by atoms with Gasteiger partial charge in [0.15, 0.2) is 5.65 Å². The van der Waals surface area contributed by atoms with E-state index in [-0.39, 0.29) is 23.5 Å². The van der Waals surface area contributed by atoms with E-state index in [4.69, 9.17) is 4.74 Å². The number of aryl methyl sites for hydroxylation is 1. The largest absolute Gasteiger partial charge is 0.416 e. The van der Waals surface area contributed by atoms with Gasteiger partial charge in [-0.25, -0.2) is 18.4 Å². The summed E-state index contributed by atoms with van der Waals surface area (Å²) in [4.78, 5) is 18.6. The fraction of sp³-hybridized carbons (Fsp3) is 0.353. The Balaban J connectivity index is 2.20. The first kappa shape index (κ1) is 19.9. The molecule has 2 aromatic heterocycles. The lowest BCUT2D eigenvalue weighted by atomic mass is 10.1. The van der Waals surface area contributed by atoms with Crippen molar-refractivity contribution in [2.75, 3.05) is 13.7 Å². The molecule has 1 aromatic carbocycles. The number of nitrogens with one attached hydrogen (secondary N) is 1. The molecule has 1 atom stereocenters. The summed E-state index contributed by atoms with van der Waals surface area (Å²) in [6.07, 6.45) is -7.55. The van der Waals surface area contributed by atoms with Crippen LogP contribution in [0.1, 0.15) is 35.1 Å². The number of benzene rings is 1. The van der Waals surface area contributed by atoms with Crippen molar-refractivity contribution < 1.29 is 26.7 Å². The molecule has 0 bridgehead atoms. The molecule has 0 fully saturated rings. The van der Waals surface area contributed by atoms with Crippen LogP contribution in [0.3, 0.4) is 0 Å². The standard InChI is InChI=1S/C17H15F5N4O2/c1-8-23-15-12(16(27)24-8)13(14(18)19)25-26(15)11(7-28-2)9-3-5-10(6-4-9)17(20,21)22/h3-6,11,14H,7H2,1-2H3,(H,23,24,27)/t11-/m0/s1. The maximum atomic E-state index is 13.4. The molecule has 0 aliphatic heterocycles. The number of ether oxygens (including phenoxy) is 1. The second-order valence-electron chi connectivity index (χ2n) is 6.07. The predicted molar refractivity (Wildman–Crippen MR) is 89.3 cm³/mol. The summed E-state index contributed by atoms with van der Waals surface area (Å²) < 4.78 is 71.4. The van der Waals surface area contributed by atoms with Crippen molar-refractivity contribution in [3.8, 4) is 0 Å². The highest BCUT2D eigenvalue weighted by atomic mass is 19.4. The Bertz CT molecular complexity index is 1040. The van der Waals surface area contributed by atoms with Gasteiger partial charge >= 0.3 is 6.18 Å². The van der Waals surface area contributed by atoms with Crippen molar-refractivity contribution in [2.24, 2.45) is 0 Å². The van der Waals surface area contributed by atoms with Crippen molar-refractivity contribution in [1.29, 1.82) is 0 Å². The Hall–Kier alpha value is -2.82. The Morgan fingerprint density at radius 3 is 2.39 bits per heavy atom. The van der Waals surface area contributed by atoms with Gasteiger partial charge < -0.3 is 9.72 Å². The number of nitrogens with zero attached hydrogens (tertiary/aromatic N) is 3. The third-order valence-electron chi connectivity index (χ3n) is 4.16. The van der Waals surface area contributed by atoms with Crippen molar-refractivity contribution in [3.63, 3.8) is 0 Å². The Morgan fingerprint density at radius 1 is 1.21 bits per heavy atom. The quantitative estimate of drug-likeness (QED) is 0.662. The number of rotatable bonds is 5. The Labute approximate surface area is 155 Å². The molecule has 0 aliphatic rings. The van der Waals surface area contributed by atoms with E-state index in [0.29, 0.717) is 5.56 Å². The van der Waals surface area contributed by atoms with Gasteiger partial charge in [0.25, 0.3) is 12.0 Å². The molecule has 3 rings (SSSR count). The molecular formula is C17H15F5N4O2. The van der Waals surface area contributed by atoms with E-state index in [9.17, 15) is 26.7 Å². The summed E-state index contributed by atoms with van der Waals surface area (Å²) in [5.41, 5.74) is -2.14. The fourth-order valence-corrected chi connectivity index (χ4v) is 2.91. The molecule has 6 nitrogen and oxygen atoms in total. The minimum atomic E-state index is -4.51. The molecule has 28 heavy (non-hydrogen) atoms. The maximum absolute atomic E-state index is 13.4. The number of H-pyrrole nitrogens is 1. The summed E-state index contributed by atoms with van der Waals surface area (Å²) in [7, 11) is 1.35. The van der Waals surface area contributed by atoms with Gasteiger partial charge in [-0.2, -0.15) is 18.3 Å². The van der Waals surface area contributed by atoms with Gasteiger partial charge in [0, 0.05) is 7.11 Å². The molecule has 0 aliphatic carbocycles. The van der Waals surface area contributed by atoms with Gasteiger partial charge in [0.2, 0.25) is 0 Å². The molecule has 0 saturated carbocycles. The van der Waals surface area contributed by atoms with Crippen LogP contribution < -0.4 is 5.56 Å². The van der Waals surface area contributed by atoms with E-state index in [1.54, 1.807) is 0 Å². The first-order chi connectivity index (χ1) is 13.1. The zero-order valence-electron chi connectivity index (χ0n) is 14.7. The van der Waals surface area contributed by atoms with Gasteiger partial charge in [0.1, 0.15) is 22.9 Å². The molecule has 0 saturated heterocycles. The number of aromatic amines is 1. The number of halogens is 5. The van der Waals surface area contributed by atoms with E-state index in [1.807, 2.05) is 0 Å². The second-order valence-corrected chi connectivity index (χ2v) is 6.07. The first-order valence-electron chi connectivity index (χ1n) is 8.06. The minimum Gasteiger partial charge on any atom is -0.382 e. The van der Waals surface area contributed by atoms with Crippen LogP contribution >= 0.6 is 0 Å². The first-order valence-corrected chi connectivity index (χ1v) is 8.06. The van der Waals surface area contributed by atoms with Crippen LogP contribution in [0.5, 0.6) is 0 Å². The molecule has 2 heterocycles. The molecule has 3 aromatic rings. The monoisotopic (exact) mass is 402 g/mol. The number of aromatic nitrogens is 4. The lowest BCUT2D eigenvalue weighted by Crippen LogP contribution is -2.19. The van der Waals surface area contributed by atoms with Crippen molar-refractivity contribution in [3.05, 3.63) is 57.3 Å². The van der Waals surface area contributed by atoms with Gasteiger partial charge in [-0.1, -0.05) is 12.1 Å². The van der Waals surface area contributed by atoms with E-state index < -0.39 is 35.5 Å². The molecule has 0 unspecified atom stereocenters. The highest BCUT2D eigenvalue weighted by Crippen LogP contribution is 2.32. The fourth-order valence-electron chi connectivity index (χ4n) is 2.91. The zero-order chi connectivity index (χ0) is 20.6. The second kappa shape index (κ2) is 7.30. The van der Waals surface area contributed by atoms with Crippen LogP contribution in [-0.4, -0.2) is 33.5 Å². The number of alkyl halides is 5. The molecule has 0 amide bonds. The SMILES string of the molecule is COC[C@@H](c1ccc(C(F)(F)F)cc1)n1nc(C(F)F)c2c(=O)[nH]c(C)nc21. The smallest absolute Gasteiger partial charge is 0.382 e. The molecular weight excluding hydrogens is 387 g/mol. The van der Waals surface area contributed by atoms with Gasteiger partial charge in [-0.05, 0) is 24.6 Å². The van der Waals surface area contributed by atoms with Crippen molar-refractivity contribution in [2.45, 2.75) is 25.6 Å². The average Bonchev–Trinajstić information content (AvgIpc) is 2.99. The summed E-state index contributed by atoms with van der Waals surface area (Å²) >= 11 is 0. The Kier molecular flexibility index (Phi) is 5.20. The summed E-state index contributed by atoms with van der Waals surface area (Å²) in [5, 5.41) is 3.47. The van der Waals surface area contributed by atoms with E-state index in [2.05, 4.69) is 15.1 Å². The van der Waals surface area contributed by atoms with Crippen LogP contribution in [0, 0.1) is 6.92 Å². The topological polar surface area (TPSA) is 72.8 Å². The number of hydrogen-bond donors (Lipinski definition) is 1. The van der Waals surface area contributed by atoms with Gasteiger partial charge in [0.05, 0.1) is 12.2 Å². The summed E-state index contributed by atoms with van der Waals surface area (Å²) in [6.45, 7) is 1.39. The van der Waals surface area contributed by atoms with Gasteiger partial charge in [-0.3, -0.25) is 4.79 Å². The van der Waals surface area contributed by atoms with Crippen molar-refractivity contribution >= 4 is 11.0 Å². The zero-order valence-corrected chi connectivity index (χ0v) is 14.7. The molecule has 0 spiro atoms. The number of fused-ring (bicyclic) bond motifs is 1. The minimum absolute atomic E-state index is 0.0850. The number of methoxy groups -OCH3 is 1. The average molecular weight is 402 g/mol.